The summed E-state index contributed by atoms with van der Waals surface area (Å²) in [7, 11) is 3.33. The minimum atomic E-state index is 0.0986. The largest absolute Gasteiger partial charge is 0.497 e. The molecule has 5 nitrogen and oxygen atoms in total. The first-order valence-electron chi connectivity index (χ1n) is 7.14. The van der Waals surface area contributed by atoms with Gasteiger partial charge in [0, 0.05) is 29.9 Å². The van der Waals surface area contributed by atoms with Crippen LogP contribution in [-0.4, -0.2) is 36.9 Å². The highest BCUT2D eigenvalue weighted by Crippen LogP contribution is 2.35. The maximum absolute atomic E-state index is 5.52. The Morgan fingerprint density at radius 2 is 2.14 bits per heavy atom. The van der Waals surface area contributed by atoms with Crippen molar-refractivity contribution in [1.82, 2.24) is 14.9 Å². The van der Waals surface area contributed by atoms with E-state index in [4.69, 9.17) is 9.47 Å². The summed E-state index contributed by atoms with van der Waals surface area (Å²) in [6, 6.07) is 5.85. The summed E-state index contributed by atoms with van der Waals surface area (Å²) in [5.74, 6) is 1.56. The van der Waals surface area contributed by atoms with Gasteiger partial charge in [0.05, 0.1) is 26.2 Å². The van der Waals surface area contributed by atoms with Crippen LogP contribution in [0.4, 0.5) is 0 Å². The van der Waals surface area contributed by atoms with E-state index in [-0.39, 0.29) is 5.41 Å². The number of imidazole rings is 1. The molecule has 0 radical (unpaired) electrons. The van der Waals surface area contributed by atoms with Crippen LogP contribution in [0.15, 0.2) is 30.7 Å². The molecule has 1 saturated heterocycles. The lowest BCUT2D eigenvalue weighted by Gasteiger charge is -2.25. The van der Waals surface area contributed by atoms with E-state index >= 15 is 0 Å². The number of benzene rings is 1. The molecule has 21 heavy (non-hydrogen) atoms. The molecular formula is C16H21N3O2. The van der Waals surface area contributed by atoms with Gasteiger partial charge in [-0.1, -0.05) is 6.92 Å². The summed E-state index contributed by atoms with van der Waals surface area (Å²) in [5, 5.41) is 3.43. The molecule has 5 heteroatoms. The zero-order valence-corrected chi connectivity index (χ0v) is 12.7. The lowest BCUT2D eigenvalue weighted by molar-refractivity contribution is 0.392. The Morgan fingerprint density at radius 3 is 2.81 bits per heavy atom. The van der Waals surface area contributed by atoms with Gasteiger partial charge in [-0.05, 0) is 25.1 Å². The van der Waals surface area contributed by atoms with Crippen LogP contribution >= 0.6 is 0 Å². The molecule has 1 fully saturated rings. The van der Waals surface area contributed by atoms with Gasteiger partial charge in [0.25, 0.3) is 0 Å². The molecule has 1 atom stereocenters. The fourth-order valence-corrected chi connectivity index (χ4v) is 2.95. The molecule has 0 amide bonds. The van der Waals surface area contributed by atoms with E-state index in [0.29, 0.717) is 0 Å². The van der Waals surface area contributed by atoms with E-state index in [1.54, 1.807) is 14.2 Å². The molecule has 1 aromatic heterocycles. The van der Waals surface area contributed by atoms with Gasteiger partial charge in [-0.25, -0.2) is 4.98 Å². The molecule has 3 rings (SSSR count). The van der Waals surface area contributed by atoms with Gasteiger partial charge in [0.2, 0.25) is 0 Å². The topological polar surface area (TPSA) is 48.3 Å². The van der Waals surface area contributed by atoms with E-state index in [1.807, 2.05) is 30.7 Å². The van der Waals surface area contributed by atoms with Crippen molar-refractivity contribution in [2.45, 2.75) is 18.8 Å². The highest BCUT2D eigenvalue weighted by molar-refractivity contribution is 5.52. The van der Waals surface area contributed by atoms with Gasteiger partial charge in [0.15, 0.2) is 0 Å². The molecule has 1 aliphatic heterocycles. The zero-order chi connectivity index (χ0) is 14.9. The summed E-state index contributed by atoms with van der Waals surface area (Å²) >= 11 is 0. The molecule has 0 bridgehead atoms. The summed E-state index contributed by atoms with van der Waals surface area (Å²) in [6.45, 7) is 4.29. The van der Waals surface area contributed by atoms with Crippen LogP contribution in [-0.2, 0) is 5.41 Å². The summed E-state index contributed by atoms with van der Waals surface area (Å²) in [5.41, 5.74) is 2.29. The minimum absolute atomic E-state index is 0.0986. The molecule has 0 aliphatic carbocycles. The molecular weight excluding hydrogens is 266 g/mol. The molecule has 1 unspecified atom stereocenters. The minimum Gasteiger partial charge on any atom is -0.497 e. The van der Waals surface area contributed by atoms with Crippen molar-refractivity contribution in [2.75, 3.05) is 27.3 Å². The Bertz CT molecular complexity index is 630. The molecule has 2 heterocycles. The average molecular weight is 287 g/mol. The quantitative estimate of drug-likeness (QED) is 0.936. The fraction of sp³-hybridized carbons (Fsp3) is 0.438. The predicted molar refractivity (Wildman–Crippen MR) is 81.5 cm³/mol. The lowest BCUT2D eigenvalue weighted by atomic mass is 9.86. The second kappa shape index (κ2) is 5.41. The summed E-state index contributed by atoms with van der Waals surface area (Å²) in [4.78, 5) is 4.35. The fourth-order valence-electron chi connectivity index (χ4n) is 2.95. The smallest absolute Gasteiger partial charge is 0.146 e. The number of nitrogens with one attached hydrogen (secondary N) is 1. The van der Waals surface area contributed by atoms with Crippen molar-refractivity contribution in [2.24, 2.45) is 0 Å². The monoisotopic (exact) mass is 287 g/mol. The number of hydrogen-bond donors (Lipinski definition) is 1. The van der Waals surface area contributed by atoms with Crippen LogP contribution in [0, 0.1) is 0 Å². The third kappa shape index (κ3) is 2.38. The maximum atomic E-state index is 5.52. The number of hydrogen-bond acceptors (Lipinski definition) is 4. The summed E-state index contributed by atoms with van der Waals surface area (Å²) < 4.78 is 12.9. The van der Waals surface area contributed by atoms with Crippen molar-refractivity contribution in [1.29, 1.82) is 0 Å². The molecule has 0 saturated carbocycles. The van der Waals surface area contributed by atoms with Crippen molar-refractivity contribution >= 4 is 0 Å². The van der Waals surface area contributed by atoms with E-state index in [1.165, 1.54) is 5.69 Å². The standard InChI is InChI=1S/C16H21N3O2/c1-16(6-7-17-10-16)15-9-18-11-19(15)13-5-4-12(20-2)8-14(13)21-3/h4-5,8-9,11,17H,6-7,10H2,1-3H3. The van der Waals surface area contributed by atoms with Crippen LogP contribution in [0.25, 0.3) is 5.69 Å². The molecule has 112 valence electrons. The lowest BCUT2D eigenvalue weighted by Crippen LogP contribution is -2.27. The number of methoxy groups -OCH3 is 2. The van der Waals surface area contributed by atoms with Crippen LogP contribution in [0.2, 0.25) is 0 Å². The Kier molecular flexibility index (Phi) is 3.59. The zero-order valence-electron chi connectivity index (χ0n) is 12.7. The van der Waals surface area contributed by atoms with Gasteiger partial charge in [-0.2, -0.15) is 0 Å². The second-order valence-electron chi connectivity index (χ2n) is 5.67. The van der Waals surface area contributed by atoms with Crippen molar-refractivity contribution < 1.29 is 9.47 Å². The normalized spacial score (nSPS) is 21.5. The van der Waals surface area contributed by atoms with Crippen molar-refractivity contribution in [3.8, 4) is 17.2 Å². The Labute approximate surface area is 124 Å². The first-order chi connectivity index (χ1) is 10.2. The Balaban J connectivity index is 2.08. The molecule has 1 aromatic carbocycles. The Hall–Kier alpha value is -2.01. The van der Waals surface area contributed by atoms with E-state index in [0.717, 1.165) is 36.7 Å². The van der Waals surface area contributed by atoms with E-state index < -0.39 is 0 Å². The van der Waals surface area contributed by atoms with Gasteiger partial charge < -0.3 is 14.8 Å². The summed E-state index contributed by atoms with van der Waals surface area (Å²) in [6.07, 6.45) is 4.91. The first-order valence-corrected chi connectivity index (χ1v) is 7.14. The molecule has 1 aliphatic rings. The Morgan fingerprint density at radius 1 is 1.29 bits per heavy atom. The average Bonchev–Trinajstić information content (AvgIpc) is 3.16. The van der Waals surface area contributed by atoms with Crippen LogP contribution in [0.1, 0.15) is 19.0 Å². The van der Waals surface area contributed by atoms with Crippen LogP contribution in [0.3, 0.4) is 0 Å². The highest BCUT2D eigenvalue weighted by atomic mass is 16.5. The molecule has 0 spiro atoms. The van der Waals surface area contributed by atoms with Gasteiger partial charge >= 0.3 is 0 Å². The van der Waals surface area contributed by atoms with Crippen LogP contribution < -0.4 is 14.8 Å². The SMILES string of the molecule is COc1ccc(-n2cncc2C2(C)CCNC2)c(OC)c1. The first kappa shape index (κ1) is 13.9. The van der Waals surface area contributed by atoms with Gasteiger partial charge in [0.1, 0.15) is 11.5 Å². The molecule has 1 N–H and O–H groups in total. The van der Waals surface area contributed by atoms with Gasteiger partial charge in [-0.15, -0.1) is 0 Å². The van der Waals surface area contributed by atoms with E-state index in [2.05, 4.69) is 21.8 Å². The number of ether oxygens (including phenoxy) is 2. The maximum Gasteiger partial charge on any atom is 0.146 e. The highest BCUT2D eigenvalue weighted by Gasteiger charge is 2.34. The second-order valence-corrected chi connectivity index (χ2v) is 5.67. The van der Waals surface area contributed by atoms with Crippen LogP contribution in [0.5, 0.6) is 11.5 Å². The predicted octanol–water partition coefficient (Wildman–Crippen LogP) is 2.14. The van der Waals surface area contributed by atoms with Crippen molar-refractivity contribution in [3.05, 3.63) is 36.4 Å². The number of rotatable bonds is 4. The number of aromatic nitrogens is 2. The third-order valence-corrected chi connectivity index (χ3v) is 4.27. The van der Waals surface area contributed by atoms with Gasteiger partial charge in [-0.3, -0.25) is 4.57 Å². The van der Waals surface area contributed by atoms with Crippen molar-refractivity contribution in [3.63, 3.8) is 0 Å². The third-order valence-electron chi connectivity index (χ3n) is 4.27. The molecule has 2 aromatic rings. The number of nitrogens with zero attached hydrogens (tertiary/aromatic N) is 2. The van der Waals surface area contributed by atoms with E-state index in [9.17, 15) is 0 Å².